The molecule has 0 saturated heterocycles. The van der Waals surface area contributed by atoms with Crippen LogP contribution in [0.25, 0.3) is 0 Å². The molecule has 0 heterocycles. The van der Waals surface area contributed by atoms with Crippen LogP contribution in [0.3, 0.4) is 0 Å². The van der Waals surface area contributed by atoms with Gasteiger partial charge in [-0.2, -0.15) is 0 Å². The van der Waals surface area contributed by atoms with Gasteiger partial charge in [0.1, 0.15) is 12.7 Å². The fourth-order valence-corrected chi connectivity index (χ4v) is 6.46. The molecular weight excluding hydrogens is 751 g/mol. The maximum atomic E-state index is 12.6. The molecule has 0 aliphatic rings. The third-order valence-electron chi connectivity index (χ3n) is 9.10. The van der Waals surface area contributed by atoms with Gasteiger partial charge in [0.2, 0.25) is 0 Å². The zero-order chi connectivity index (χ0) is 42.4. The van der Waals surface area contributed by atoms with E-state index in [1.165, 1.54) is 70.6 Å². The topological polar surface area (TPSA) is 189 Å². The molecule has 332 valence electrons. The van der Waals surface area contributed by atoms with E-state index in [0.717, 1.165) is 38.0 Å². The van der Waals surface area contributed by atoms with E-state index >= 15 is 0 Å². The van der Waals surface area contributed by atoms with Crippen molar-refractivity contribution in [2.24, 2.45) is 5.92 Å². The molecular formula is C44H79O12P. The van der Waals surface area contributed by atoms with E-state index in [4.69, 9.17) is 19.1 Å². The first kappa shape index (κ1) is 54.9. The summed E-state index contributed by atoms with van der Waals surface area (Å²) in [7, 11) is -4.68. The Kier molecular flexibility index (Phi) is 36.6. The second-order valence-corrected chi connectivity index (χ2v) is 16.7. The van der Waals surface area contributed by atoms with Crippen LogP contribution in [-0.2, 0) is 32.7 Å². The Balaban J connectivity index is 4.55. The van der Waals surface area contributed by atoms with Gasteiger partial charge in [0.25, 0.3) is 0 Å². The minimum atomic E-state index is -4.68. The maximum absolute atomic E-state index is 12.6. The van der Waals surface area contributed by atoms with Crippen LogP contribution in [0.5, 0.6) is 0 Å². The number of unbranched alkanes of at least 4 members (excludes halogenated alkanes) is 14. The zero-order valence-electron chi connectivity index (χ0n) is 35.4. The Labute approximate surface area is 344 Å². The first-order valence-electron chi connectivity index (χ1n) is 21.7. The molecule has 0 saturated carbocycles. The summed E-state index contributed by atoms with van der Waals surface area (Å²) in [5, 5.41) is 38.6. The van der Waals surface area contributed by atoms with E-state index in [2.05, 4.69) is 31.4 Å². The minimum Gasteiger partial charge on any atom is -0.462 e. The third kappa shape index (κ3) is 39.1. The van der Waals surface area contributed by atoms with E-state index in [-0.39, 0.29) is 12.8 Å². The Morgan fingerprint density at radius 2 is 1.19 bits per heavy atom. The molecule has 0 aromatic rings. The fourth-order valence-electron chi connectivity index (χ4n) is 5.67. The highest BCUT2D eigenvalue weighted by molar-refractivity contribution is 7.47. The number of hydrogen-bond donors (Lipinski definition) is 5. The summed E-state index contributed by atoms with van der Waals surface area (Å²) in [6.07, 6.45) is 31.4. The number of esters is 2. The first-order valence-corrected chi connectivity index (χ1v) is 23.2. The third-order valence-corrected chi connectivity index (χ3v) is 10.1. The minimum absolute atomic E-state index is 0.0188. The van der Waals surface area contributed by atoms with Crippen molar-refractivity contribution >= 4 is 19.8 Å². The number of allylic oxidation sites excluding steroid dienone is 5. The Morgan fingerprint density at radius 3 is 1.79 bits per heavy atom. The molecule has 0 spiro atoms. The molecule has 0 aliphatic heterocycles. The summed E-state index contributed by atoms with van der Waals surface area (Å²) >= 11 is 0. The van der Waals surface area contributed by atoms with Gasteiger partial charge in [-0.25, -0.2) is 4.57 Å². The summed E-state index contributed by atoms with van der Waals surface area (Å²) < 4.78 is 32.5. The Bertz CT molecular complexity index is 1140. The van der Waals surface area contributed by atoms with Crippen LogP contribution in [0.1, 0.15) is 162 Å². The number of hydrogen-bond acceptors (Lipinski definition) is 11. The molecule has 0 amide bonds. The number of carbonyl (C=O) groups is 2. The van der Waals surface area contributed by atoms with Crippen LogP contribution in [-0.4, -0.2) is 88.1 Å². The van der Waals surface area contributed by atoms with Crippen molar-refractivity contribution in [3.63, 3.8) is 0 Å². The van der Waals surface area contributed by atoms with Crippen LogP contribution < -0.4 is 0 Å². The summed E-state index contributed by atoms with van der Waals surface area (Å²) in [5.74, 6) is -0.374. The van der Waals surface area contributed by atoms with Crippen molar-refractivity contribution in [1.82, 2.24) is 0 Å². The van der Waals surface area contributed by atoms with Crippen molar-refractivity contribution in [1.29, 1.82) is 0 Å². The Morgan fingerprint density at radius 1 is 0.632 bits per heavy atom. The standard InChI is InChI=1S/C44H79O12P/c1-4-5-6-7-17-22-28-39(46)29-23-19-20-24-30-40(47)31-26-33-43(49)53-36-42(37-55-57(51,52)54-35-41(48)34-45)56-44(50)32-25-18-15-13-11-9-8-10-12-14-16-21-27-38(2)3/h17,19-20,22-24,29-30,38-42,45-48H,4-16,18,21,25-28,31-37H2,1-3H3,(H,51,52)/b20-19+,22-17-,29-23+,30-24-/t39-,40-,41+,42-/m1/s1. The van der Waals surface area contributed by atoms with Crippen molar-refractivity contribution in [2.75, 3.05) is 26.4 Å². The lowest BCUT2D eigenvalue weighted by molar-refractivity contribution is -0.161. The molecule has 0 aromatic carbocycles. The lowest BCUT2D eigenvalue weighted by Crippen LogP contribution is -2.30. The molecule has 5 atom stereocenters. The van der Waals surface area contributed by atoms with Crippen molar-refractivity contribution < 1.29 is 58.0 Å². The van der Waals surface area contributed by atoms with Crippen LogP contribution in [0.2, 0.25) is 0 Å². The van der Waals surface area contributed by atoms with Crippen molar-refractivity contribution in [2.45, 2.75) is 186 Å². The van der Waals surface area contributed by atoms with E-state index in [1.807, 2.05) is 6.08 Å². The van der Waals surface area contributed by atoms with Gasteiger partial charge in [-0.05, 0) is 44.4 Å². The molecule has 0 fully saturated rings. The normalized spacial score (nSPS) is 15.5. The van der Waals surface area contributed by atoms with Gasteiger partial charge >= 0.3 is 19.8 Å². The van der Waals surface area contributed by atoms with Gasteiger partial charge in [-0.15, -0.1) is 0 Å². The molecule has 13 heteroatoms. The van der Waals surface area contributed by atoms with E-state index in [0.29, 0.717) is 25.7 Å². The second kappa shape index (κ2) is 38.1. The number of phosphoric acid groups is 1. The first-order chi connectivity index (χ1) is 27.4. The largest absolute Gasteiger partial charge is 0.472 e. The zero-order valence-corrected chi connectivity index (χ0v) is 36.3. The number of aliphatic hydroxyl groups excluding tert-OH is 4. The maximum Gasteiger partial charge on any atom is 0.472 e. The van der Waals surface area contributed by atoms with Gasteiger partial charge < -0.3 is 34.8 Å². The molecule has 0 rings (SSSR count). The average molecular weight is 831 g/mol. The van der Waals surface area contributed by atoms with Crippen molar-refractivity contribution in [3.05, 3.63) is 48.6 Å². The van der Waals surface area contributed by atoms with E-state index in [1.54, 1.807) is 36.5 Å². The number of aliphatic hydroxyl groups is 4. The van der Waals surface area contributed by atoms with Gasteiger partial charge in [0.05, 0.1) is 32.0 Å². The molecule has 0 radical (unpaired) electrons. The molecule has 0 bridgehead atoms. The molecule has 1 unspecified atom stereocenters. The Hall–Kier alpha value is -2.15. The summed E-state index contributed by atoms with van der Waals surface area (Å²) in [6.45, 7) is 4.35. The van der Waals surface area contributed by atoms with Crippen LogP contribution in [0.15, 0.2) is 48.6 Å². The highest BCUT2D eigenvalue weighted by Crippen LogP contribution is 2.43. The van der Waals surface area contributed by atoms with Gasteiger partial charge in [-0.3, -0.25) is 18.6 Å². The van der Waals surface area contributed by atoms with Crippen LogP contribution in [0, 0.1) is 5.92 Å². The number of rotatable bonds is 39. The SMILES string of the molecule is CCCCC/C=C\C[C@@H](O)/C=C/C=C/C=C\[C@@H](O)CCCC(=O)OC[C@H](COP(=O)(O)OC[C@@H](O)CO)OC(=O)CCCCCCCCCCCCCCC(C)C. The summed E-state index contributed by atoms with van der Waals surface area (Å²) in [5.41, 5.74) is 0. The number of phosphoric ester groups is 1. The predicted octanol–water partition coefficient (Wildman–Crippen LogP) is 9.13. The smallest absolute Gasteiger partial charge is 0.462 e. The quantitative estimate of drug-likeness (QED) is 0.0130. The van der Waals surface area contributed by atoms with E-state index in [9.17, 15) is 34.4 Å². The summed E-state index contributed by atoms with van der Waals surface area (Å²) in [4.78, 5) is 35.0. The molecule has 0 aromatic heterocycles. The highest BCUT2D eigenvalue weighted by atomic mass is 31.2. The fraction of sp³-hybridized carbons (Fsp3) is 0.773. The monoisotopic (exact) mass is 831 g/mol. The molecule has 57 heavy (non-hydrogen) atoms. The highest BCUT2D eigenvalue weighted by Gasteiger charge is 2.27. The van der Waals surface area contributed by atoms with Gasteiger partial charge in [0.15, 0.2) is 6.10 Å². The average Bonchev–Trinajstić information content (AvgIpc) is 3.17. The summed E-state index contributed by atoms with van der Waals surface area (Å²) in [6, 6.07) is 0. The lowest BCUT2D eigenvalue weighted by atomic mass is 10.0. The second-order valence-electron chi connectivity index (χ2n) is 15.3. The molecule has 12 nitrogen and oxygen atoms in total. The van der Waals surface area contributed by atoms with Gasteiger partial charge in [0, 0.05) is 12.8 Å². The number of ether oxygens (including phenoxy) is 2. The van der Waals surface area contributed by atoms with Crippen LogP contribution in [0.4, 0.5) is 0 Å². The van der Waals surface area contributed by atoms with Crippen molar-refractivity contribution in [3.8, 4) is 0 Å². The predicted molar refractivity (Wildman–Crippen MR) is 226 cm³/mol. The molecule has 5 N–H and O–H groups in total. The van der Waals surface area contributed by atoms with Crippen LogP contribution >= 0.6 is 7.82 Å². The molecule has 0 aliphatic carbocycles. The van der Waals surface area contributed by atoms with E-state index < -0.39 is 70.6 Å². The number of carbonyl (C=O) groups excluding carboxylic acids is 2. The van der Waals surface area contributed by atoms with Gasteiger partial charge in [-0.1, -0.05) is 159 Å². The lowest BCUT2D eigenvalue weighted by Gasteiger charge is -2.20.